The number of thioether (sulfide) groups is 1. The lowest BCUT2D eigenvalue weighted by molar-refractivity contribution is -0.385. The highest BCUT2D eigenvalue weighted by molar-refractivity contribution is 7.98. The number of aromatic nitrogens is 3. The number of nitrogens with zero attached hydrogens (tertiary/aromatic N) is 4. The van der Waals surface area contributed by atoms with Gasteiger partial charge in [0.1, 0.15) is 11.6 Å². The quantitative estimate of drug-likeness (QED) is 0.193. The molecule has 0 radical (unpaired) electrons. The minimum Gasteiger partial charge on any atom is -0.483 e. The van der Waals surface area contributed by atoms with Crippen LogP contribution in [0.25, 0.3) is 5.69 Å². The van der Waals surface area contributed by atoms with E-state index in [1.165, 1.54) is 30.0 Å². The first kappa shape index (κ1) is 21.5. The molecule has 1 unspecified atom stereocenters. The molecular formula is C23H19FN4O3S. The molecule has 0 fully saturated rings. The van der Waals surface area contributed by atoms with E-state index >= 15 is 0 Å². The van der Waals surface area contributed by atoms with Gasteiger partial charge in [0.15, 0.2) is 17.1 Å². The SMILES string of the molecule is CC(Oc1ccc(F)cc1)c1nnc(SCc2ccccc2[N+](=O)[O-])n1-c1ccccc1. The van der Waals surface area contributed by atoms with E-state index in [9.17, 15) is 14.5 Å². The van der Waals surface area contributed by atoms with Gasteiger partial charge in [-0.2, -0.15) is 0 Å². The molecule has 1 heterocycles. The van der Waals surface area contributed by atoms with Gasteiger partial charge < -0.3 is 4.74 Å². The first-order chi connectivity index (χ1) is 15.5. The monoisotopic (exact) mass is 450 g/mol. The van der Waals surface area contributed by atoms with Crippen molar-refractivity contribution in [3.63, 3.8) is 0 Å². The van der Waals surface area contributed by atoms with Crippen LogP contribution in [0.1, 0.15) is 24.4 Å². The lowest BCUT2D eigenvalue weighted by Gasteiger charge is -2.16. The summed E-state index contributed by atoms with van der Waals surface area (Å²) in [5.41, 5.74) is 1.51. The van der Waals surface area contributed by atoms with Gasteiger partial charge in [0, 0.05) is 23.1 Å². The van der Waals surface area contributed by atoms with E-state index in [1.807, 2.05) is 41.8 Å². The van der Waals surface area contributed by atoms with Crippen LogP contribution in [0.4, 0.5) is 10.1 Å². The Labute approximate surface area is 188 Å². The molecule has 3 aromatic carbocycles. The lowest BCUT2D eigenvalue weighted by Crippen LogP contribution is -2.11. The molecule has 0 aliphatic heterocycles. The van der Waals surface area contributed by atoms with Crippen molar-refractivity contribution >= 4 is 17.4 Å². The molecule has 0 amide bonds. The average Bonchev–Trinajstić information content (AvgIpc) is 3.24. The summed E-state index contributed by atoms with van der Waals surface area (Å²) in [5.74, 6) is 1.09. The minimum absolute atomic E-state index is 0.0685. The summed E-state index contributed by atoms with van der Waals surface area (Å²) in [6.07, 6.45) is -0.478. The Morgan fingerprint density at radius 2 is 1.72 bits per heavy atom. The summed E-state index contributed by atoms with van der Waals surface area (Å²) in [5, 5.41) is 20.6. The molecule has 9 heteroatoms. The van der Waals surface area contributed by atoms with Gasteiger partial charge in [0.25, 0.3) is 5.69 Å². The lowest BCUT2D eigenvalue weighted by atomic mass is 10.2. The highest BCUT2D eigenvalue weighted by Crippen LogP contribution is 2.31. The van der Waals surface area contributed by atoms with Crippen molar-refractivity contribution in [3.8, 4) is 11.4 Å². The molecule has 0 aliphatic carbocycles. The maximum atomic E-state index is 13.2. The molecule has 0 spiro atoms. The predicted molar refractivity (Wildman–Crippen MR) is 119 cm³/mol. The van der Waals surface area contributed by atoms with Crippen LogP contribution in [0.3, 0.4) is 0 Å². The fourth-order valence-corrected chi connectivity index (χ4v) is 4.14. The molecule has 0 saturated heterocycles. The van der Waals surface area contributed by atoms with Gasteiger partial charge in [-0.05, 0) is 43.3 Å². The summed E-state index contributed by atoms with van der Waals surface area (Å²) in [7, 11) is 0. The van der Waals surface area contributed by atoms with E-state index in [2.05, 4.69) is 10.2 Å². The Kier molecular flexibility index (Phi) is 6.46. The fourth-order valence-electron chi connectivity index (χ4n) is 3.18. The van der Waals surface area contributed by atoms with E-state index in [0.29, 0.717) is 28.0 Å². The number of nitro groups is 1. The zero-order valence-electron chi connectivity index (χ0n) is 17.1. The Morgan fingerprint density at radius 1 is 1.03 bits per heavy atom. The maximum Gasteiger partial charge on any atom is 0.273 e. The molecule has 32 heavy (non-hydrogen) atoms. The van der Waals surface area contributed by atoms with E-state index < -0.39 is 6.10 Å². The van der Waals surface area contributed by atoms with Crippen molar-refractivity contribution in [1.29, 1.82) is 0 Å². The van der Waals surface area contributed by atoms with E-state index in [0.717, 1.165) is 5.69 Å². The molecule has 0 aliphatic rings. The average molecular weight is 450 g/mol. The molecule has 1 atom stereocenters. The summed E-state index contributed by atoms with van der Waals surface area (Å²) >= 11 is 1.35. The normalized spacial score (nSPS) is 11.8. The highest BCUT2D eigenvalue weighted by atomic mass is 32.2. The van der Waals surface area contributed by atoms with Crippen molar-refractivity contribution < 1.29 is 14.1 Å². The minimum atomic E-state index is -0.478. The Balaban J connectivity index is 1.64. The van der Waals surface area contributed by atoms with Crippen LogP contribution in [0, 0.1) is 15.9 Å². The van der Waals surface area contributed by atoms with Crippen molar-refractivity contribution in [2.24, 2.45) is 0 Å². The fraction of sp³-hybridized carbons (Fsp3) is 0.130. The van der Waals surface area contributed by atoms with Gasteiger partial charge in [-0.15, -0.1) is 10.2 Å². The molecule has 4 rings (SSSR count). The Hall–Kier alpha value is -3.72. The van der Waals surface area contributed by atoms with Crippen LogP contribution in [-0.2, 0) is 5.75 Å². The molecule has 4 aromatic rings. The van der Waals surface area contributed by atoms with E-state index in [4.69, 9.17) is 4.74 Å². The first-order valence-electron chi connectivity index (χ1n) is 9.81. The van der Waals surface area contributed by atoms with Gasteiger partial charge in [-0.1, -0.05) is 48.2 Å². The van der Waals surface area contributed by atoms with Crippen LogP contribution in [0.5, 0.6) is 5.75 Å². The summed E-state index contributed by atoms with van der Waals surface area (Å²) in [6.45, 7) is 1.84. The molecule has 0 N–H and O–H groups in total. The highest BCUT2D eigenvalue weighted by Gasteiger charge is 2.22. The number of hydrogen-bond donors (Lipinski definition) is 0. The third-order valence-electron chi connectivity index (χ3n) is 4.71. The van der Waals surface area contributed by atoms with Crippen LogP contribution in [0.2, 0.25) is 0 Å². The van der Waals surface area contributed by atoms with Crippen molar-refractivity contribution in [2.45, 2.75) is 23.9 Å². The predicted octanol–water partition coefficient (Wildman–Crippen LogP) is 5.75. The second kappa shape index (κ2) is 9.61. The maximum absolute atomic E-state index is 13.2. The van der Waals surface area contributed by atoms with Crippen molar-refractivity contribution in [3.05, 3.63) is 106 Å². The summed E-state index contributed by atoms with van der Waals surface area (Å²) < 4.78 is 21.0. The van der Waals surface area contributed by atoms with Crippen LogP contribution in [0.15, 0.2) is 84.0 Å². The molecule has 0 bridgehead atoms. The van der Waals surface area contributed by atoms with Gasteiger partial charge in [0.05, 0.1) is 4.92 Å². The zero-order chi connectivity index (χ0) is 22.5. The number of nitro benzene ring substituents is 1. The molecule has 0 saturated carbocycles. The van der Waals surface area contributed by atoms with Gasteiger partial charge in [0.2, 0.25) is 0 Å². The third-order valence-corrected chi connectivity index (χ3v) is 5.69. The van der Waals surface area contributed by atoms with E-state index in [-0.39, 0.29) is 16.4 Å². The van der Waals surface area contributed by atoms with Crippen LogP contribution < -0.4 is 4.74 Å². The van der Waals surface area contributed by atoms with Gasteiger partial charge >= 0.3 is 0 Å². The zero-order valence-corrected chi connectivity index (χ0v) is 17.9. The molecule has 162 valence electrons. The first-order valence-corrected chi connectivity index (χ1v) is 10.8. The Bertz CT molecular complexity index is 1220. The molecular weight excluding hydrogens is 431 g/mol. The standard InChI is InChI=1S/C23H19FN4O3S/c1-16(31-20-13-11-18(24)12-14-20)22-25-26-23(27(22)19-8-3-2-4-9-19)32-15-17-7-5-6-10-21(17)28(29)30/h2-14,16H,15H2,1H3. The topological polar surface area (TPSA) is 83.1 Å². The molecule has 7 nitrogen and oxygen atoms in total. The Morgan fingerprint density at radius 3 is 2.44 bits per heavy atom. The summed E-state index contributed by atoms with van der Waals surface area (Å²) in [6, 6.07) is 22.0. The number of benzene rings is 3. The smallest absolute Gasteiger partial charge is 0.273 e. The van der Waals surface area contributed by atoms with Gasteiger partial charge in [-0.25, -0.2) is 4.39 Å². The largest absolute Gasteiger partial charge is 0.483 e. The third kappa shape index (κ3) is 4.78. The molecule has 1 aromatic heterocycles. The number of ether oxygens (including phenoxy) is 1. The summed E-state index contributed by atoms with van der Waals surface area (Å²) in [4.78, 5) is 10.9. The second-order valence-corrected chi connectivity index (χ2v) is 7.84. The van der Waals surface area contributed by atoms with Crippen LogP contribution in [-0.4, -0.2) is 19.7 Å². The van der Waals surface area contributed by atoms with Crippen molar-refractivity contribution in [2.75, 3.05) is 0 Å². The van der Waals surface area contributed by atoms with Crippen LogP contribution >= 0.6 is 11.8 Å². The second-order valence-electron chi connectivity index (χ2n) is 6.90. The van der Waals surface area contributed by atoms with Gasteiger partial charge in [-0.3, -0.25) is 14.7 Å². The number of halogens is 1. The number of rotatable bonds is 8. The van der Waals surface area contributed by atoms with E-state index in [1.54, 1.807) is 30.3 Å². The van der Waals surface area contributed by atoms with Crippen molar-refractivity contribution in [1.82, 2.24) is 14.8 Å². The number of hydrogen-bond acceptors (Lipinski definition) is 6. The number of para-hydroxylation sites is 2.